The third kappa shape index (κ3) is 3.93. The molecule has 0 saturated carbocycles. The van der Waals surface area contributed by atoms with Crippen LogP contribution in [0.4, 0.5) is 11.4 Å². The first-order chi connectivity index (χ1) is 14.5. The Labute approximate surface area is 174 Å². The minimum Gasteiger partial charge on any atom is -0.321 e. The van der Waals surface area contributed by atoms with Crippen LogP contribution in [-0.2, 0) is 6.42 Å². The summed E-state index contributed by atoms with van der Waals surface area (Å²) in [4.78, 5) is 30.1. The fraction of sp³-hybridized carbons (Fsp3) is 0.125. The number of pyridine rings is 1. The van der Waals surface area contributed by atoms with Crippen molar-refractivity contribution in [2.45, 2.75) is 20.3 Å². The van der Waals surface area contributed by atoms with Gasteiger partial charge in [-0.05, 0) is 55.3 Å². The van der Waals surface area contributed by atoms with E-state index in [2.05, 4.69) is 22.5 Å². The van der Waals surface area contributed by atoms with Gasteiger partial charge in [-0.25, -0.2) is 4.98 Å². The number of fused-ring (bicyclic) bond motifs is 1. The lowest BCUT2D eigenvalue weighted by Crippen LogP contribution is -2.16. The van der Waals surface area contributed by atoms with E-state index in [-0.39, 0.29) is 23.3 Å². The van der Waals surface area contributed by atoms with Crippen molar-refractivity contribution in [1.82, 2.24) is 9.38 Å². The predicted molar refractivity (Wildman–Crippen MR) is 118 cm³/mol. The van der Waals surface area contributed by atoms with E-state index in [9.17, 15) is 9.59 Å². The van der Waals surface area contributed by atoms with Gasteiger partial charge >= 0.3 is 0 Å². The van der Waals surface area contributed by atoms with Gasteiger partial charge < -0.3 is 10.6 Å². The van der Waals surface area contributed by atoms with Crippen LogP contribution in [-0.4, -0.2) is 21.2 Å². The molecular formula is C24H22N4O2. The zero-order valence-electron chi connectivity index (χ0n) is 16.8. The number of hydrogen-bond donors (Lipinski definition) is 2. The average molecular weight is 398 g/mol. The summed E-state index contributed by atoms with van der Waals surface area (Å²) < 4.78 is 1.62. The van der Waals surface area contributed by atoms with Crippen molar-refractivity contribution < 1.29 is 9.59 Å². The molecule has 0 aliphatic heterocycles. The smallest absolute Gasteiger partial charge is 0.292 e. The van der Waals surface area contributed by atoms with Crippen LogP contribution in [0.5, 0.6) is 0 Å². The van der Waals surface area contributed by atoms with Crippen molar-refractivity contribution >= 4 is 28.7 Å². The Morgan fingerprint density at radius 3 is 2.17 bits per heavy atom. The highest BCUT2D eigenvalue weighted by Crippen LogP contribution is 2.18. The van der Waals surface area contributed by atoms with Crippen LogP contribution < -0.4 is 10.6 Å². The third-order valence-corrected chi connectivity index (χ3v) is 4.90. The predicted octanol–water partition coefficient (Wildman–Crippen LogP) is 4.71. The van der Waals surface area contributed by atoms with Crippen LogP contribution >= 0.6 is 0 Å². The summed E-state index contributed by atoms with van der Waals surface area (Å²) in [5.41, 5.74) is 4.40. The summed E-state index contributed by atoms with van der Waals surface area (Å²) in [6.45, 7) is 4.06. The van der Waals surface area contributed by atoms with Crippen molar-refractivity contribution in [2.24, 2.45) is 0 Å². The maximum atomic E-state index is 12.9. The van der Waals surface area contributed by atoms with Crippen LogP contribution in [0.15, 0.2) is 72.9 Å². The summed E-state index contributed by atoms with van der Waals surface area (Å²) >= 11 is 0. The molecule has 0 unspecified atom stereocenters. The van der Waals surface area contributed by atoms with Gasteiger partial charge in [0.05, 0.1) is 5.52 Å². The Morgan fingerprint density at radius 2 is 1.50 bits per heavy atom. The van der Waals surface area contributed by atoms with Crippen LogP contribution in [0.2, 0.25) is 0 Å². The molecule has 0 radical (unpaired) electrons. The molecule has 6 nitrogen and oxygen atoms in total. The lowest BCUT2D eigenvalue weighted by Gasteiger charge is -2.05. The normalized spacial score (nSPS) is 10.7. The molecule has 0 fully saturated rings. The van der Waals surface area contributed by atoms with Crippen molar-refractivity contribution in [3.8, 4) is 0 Å². The van der Waals surface area contributed by atoms with Gasteiger partial charge in [0.25, 0.3) is 11.8 Å². The molecule has 6 heteroatoms. The van der Waals surface area contributed by atoms with Gasteiger partial charge in [-0.3, -0.25) is 14.0 Å². The Hall–Kier alpha value is -3.93. The second kappa shape index (κ2) is 8.21. The van der Waals surface area contributed by atoms with Gasteiger partial charge in [0.2, 0.25) is 5.82 Å². The SMILES string of the molecule is CCc1ccc(NC(=O)c2nc(C(=O)Nc3ccc(C)cc3)c3ccccn23)cc1. The maximum absolute atomic E-state index is 12.9. The van der Waals surface area contributed by atoms with Gasteiger partial charge in [-0.15, -0.1) is 0 Å². The first kappa shape index (κ1) is 19.4. The van der Waals surface area contributed by atoms with Gasteiger partial charge in [0.15, 0.2) is 5.69 Å². The number of anilines is 2. The number of amides is 2. The molecule has 0 aliphatic rings. The quantitative estimate of drug-likeness (QED) is 0.511. The molecule has 0 atom stereocenters. The van der Waals surface area contributed by atoms with E-state index in [0.29, 0.717) is 16.9 Å². The molecule has 2 aromatic heterocycles. The largest absolute Gasteiger partial charge is 0.321 e. The number of carbonyl (C=O) groups is 2. The van der Waals surface area contributed by atoms with E-state index in [1.807, 2.05) is 61.5 Å². The zero-order valence-corrected chi connectivity index (χ0v) is 16.8. The molecule has 2 aromatic carbocycles. The van der Waals surface area contributed by atoms with Crippen LogP contribution in [0, 0.1) is 6.92 Å². The van der Waals surface area contributed by atoms with Crippen molar-refractivity contribution in [3.63, 3.8) is 0 Å². The summed E-state index contributed by atoms with van der Waals surface area (Å²) in [7, 11) is 0. The van der Waals surface area contributed by atoms with Crippen molar-refractivity contribution in [3.05, 3.63) is 95.6 Å². The average Bonchev–Trinajstić information content (AvgIpc) is 3.16. The van der Waals surface area contributed by atoms with E-state index in [1.54, 1.807) is 22.7 Å². The maximum Gasteiger partial charge on any atom is 0.292 e. The van der Waals surface area contributed by atoms with Crippen LogP contribution in [0.1, 0.15) is 39.2 Å². The molecule has 0 aliphatic carbocycles. The van der Waals surface area contributed by atoms with Crippen LogP contribution in [0.25, 0.3) is 5.52 Å². The summed E-state index contributed by atoms with van der Waals surface area (Å²) in [6, 6.07) is 20.5. The summed E-state index contributed by atoms with van der Waals surface area (Å²) in [5.74, 6) is -0.594. The number of carbonyl (C=O) groups excluding carboxylic acids is 2. The number of rotatable bonds is 5. The lowest BCUT2D eigenvalue weighted by molar-refractivity contribution is 0.101. The second-order valence-corrected chi connectivity index (χ2v) is 7.06. The Kier molecular flexibility index (Phi) is 5.30. The fourth-order valence-electron chi connectivity index (χ4n) is 3.20. The van der Waals surface area contributed by atoms with E-state index < -0.39 is 0 Å². The highest BCUT2D eigenvalue weighted by Gasteiger charge is 2.21. The number of aryl methyl sites for hydroxylation is 2. The number of benzene rings is 2. The Bertz CT molecular complexity index is 1210. The lowest BCUT2D eigenvalue weighted by atomic mass is 10.1. The van der Waals surface area contributed by atoms with Crippen molar-refractivity contribution in [1.29, 1.82) is 0 Å². The summed E-state index contributed by atoms with van der Waals surface area (Å²) in [5, 5.41) is 5.70. The van der Waals surface area contributed by atoms with Gasteiger partial charge in [0, 0.05) is 17.6 Å². The van der Waals surface area contributed by atoms with Crippen molar-refractivity contribution in [2.75, 3.05) is 10.6 Å². The van der Waals surface area contributed by atoms with E-state index in [1.165, 1.54) is 5.56 Å². The van der Waals surface area contributed by atoms with Gasteiger partial charge in [-0.1, -0.05) is 42.8 Å². The molecule has 0 bridgehead atoms. The summed E-state index contributed by atoms with van der Waals surface area (Å²) in [6.07, 6.45) is 2.65. The molecule has 4 aromatic rings. The number of hydrogen-bond acceptors (Lipinski definition) is 3. The molecule has 4 rings (SSSR count). The van der Waals surface area contributed by atoms with Crippen LogP contribution in [0.3, 0.4) is 0 Å². The minimum absolute atomic E-state index is 0.152. The van der Waals surface area contributed by atoms with E-state index in [0.717, 1.165) is 12.0 Å². The molecule has 2 heterocycles. The van der Waals surface area contributed by atoms with E-state index in [4.69, 9.17) is 0 Å². The monoisotopic (exact) mass is 398 g/mol. The highest BCUT2D eigenvalue weighted by atomic mass is 16.2. The zero-order chi connectivity index (χ0) is 21.1. The second-order valence-electron chi connectivity index (χ2n) is 7.06. The molecule has 30 heavy (non-hydrogen) atoms. The molecule has 150 valence electrons. The molecule has 0 saturated heterocycles. The molecule has 2 N–H and O–H groups in total. The number of nitrogens with one attached hydrogen (secondary N) is 2. The first-order valence-corrected chi connectivity index (χ1v) is 9.80. The minimum atomic E-state index is -0.380. The van der Waals surface area contributed by atoms with E-state index >= 15 is 0 Å². The fourth-order valence-corrected chi connectivity index (χ4v) is 3.20. The molecular weight excluding hydrogens is 376 g/mol. The standard InChI is InChI=1S/C24H22N4O2/c1-3-17-9-13-19(14-10-17)26-24(30)22-27-21(20-6-4-5-15-28(20)22)23(29)25-18-11-7-16(2)8-12-18/h4-15H,3H2,1-2H3,(H,25,29)(H,26,30). The molecule has 2 amide bonds. The third-order valence-electron chi connectivity index (χ3n) is 4.90. The van der Waals surface area contributed by atoms with Gasteiger partial charge in [0.1, 0.15) is 0 Å². The highest BCUT2D eigenvalue weighted by molar-refractivity contribution is 6.10. The number of imidazole rings is 1. The van der Waals surface area contributed by atoms with Gasteiger partial charge in [-0.2, -0.15) is 0 Å². The Morgan fingerprint density at radius 1 is 0.867 bits per heavy atom. The molecule has 0 spiro atoms. The topological polar surface area (TPSA) is 75.5 Å². The number of nitrogens with zero attached hydrogens (tertiary/aromatic N) is 2. The number of aromatic nitrogens is 2. The Balaban J connectivity index is 1.63. The first-order valence-electron chi connectivity index (χ1n) is 9.80.